The highest BCUT2D eigenvalue weighted by Gasteiger charge is 2.22. The van der Waals surface area contributed by atoms with Gasteiger partial charge in [0.05, 0.1) is 27.2 Å². The number of benzene rings is 2. The van der Waals surface area contributed by atoms with Crippen LogP contribution in [0.25, 0.3) is 27.8 Å². The van der Waals surface area contributed by atoms with Crippen LogP contribution in [0.4, 0.5) is 5.69 Å². The summed E-state index contributed by atoms with van der Waals surface area (Å²) in [4.78, 5) is 36.6. The minimum Gasteiger partial charge on any atom is -0.313 e. The molecule has 32 heavy (non-hydrogen) atoms. The summed E-state index contributed by atoms with van der Waals surface area (Å²) in [6.45, 7) is 6.36. The minimum atomic E-state index is -0.459. The van der Waals surface area contributed by atoms with Crippen LogP contribution in [0, 0.1) is 10.1 Å². The first kappa shape index (κ1) is 21.3. The van der Waals surface area contributed by atoms with Gasteiger partial charge in [0, 0.05) is 32.4 Å². The summed E-state index contributed by atoms with van der Waals surface area (Å²) in [5.41, 5.74) is 2.53. The fraction of sp³-hybridized carbons (Fsp3) is 0.250. The van der Waals surface area contributed by atoms with Crippen molar-refractivity contribution in [3.05, 3.63) is 91.2 Å². The van der Waals surface area contributed by atoms with Crippen LogP contribution in [0.5, 0.6) is 0 Å². The fourth-order valence-electron chi connectivity index (χ4n) is 3.91. The molecule has 0 saturated heterocycles. The molecule has 0 unspecified atom stereocenters. The highest BCUT2D eigenvalue weighted by Crippen LogP contribution is 2.33. The molecule has 0 amide bonds. The van der Waals surface area contributed by atoms with Crippen molar-refractivity contribution in [1.29, 1.82) is 0 Å². The molecule has 8 nitrogen and oxygen atoms in total. The molecule has 0 aliphatic heterocycles. The first-order valence-electron chi connectivity index (χ1n) is 10.2. The number of nitrogens with zero attached hydrogens (tertiary/aromatic N) is 4. The lowest BCUT2D eigenvalue weighted by Gasteiger charge is -2.19. The molecule has 0 aliphatic rings. The summed E-state index contributed by atoms with van der Waals surface area (Å²) in [6, 6.07) is 14.1. The zero-order valence-electron chi connectivity index (χ0n) is 18.6. The standard InChI is InChI=1S/C24H24N4O4/c1-24(2,3)16-11-9-15(10-12-16)21-20-19(25(4)23(30)26(5)22(20)29)14-27(21)17-7-6-8-18(13-17)28(31)32/h6-14H,1-5H3. The number of hydrogen-bond donors (Lipinski definition) is 0. The van der Waals surface area contributed by atoms with Gasteiger partial charge in [0.2, 0.25) is 0 Å². The van der Waals surface area contributed by atoms with Gasteiger partial charge >= 0.3 is 5.69 Å². The van der Waals surface area contributed by atoms with Gasteiger partial charge in [-0.25, -0.2) is 4.79 Å². The molecule has 0 bridgehead atoms. The number of fused-ring (bicyclic) bond motifs is 1. The summed E-state index contributed by atoms with van der Waals surface area (Å²) >= 11 is 0. The van der Waals surface area contributed by atoms with E-state index in [0.29, 0.717) is 22.3 Å². The Bertz CT molecular complexity index is 1480. The lowest BCUT2D eigenvalue weighted by molar-refractivity contribution is -0.384. The quantitative estimate of drug-likeness (QED) is 0.363. The van der Waals surface area contributed by atoms with Crippen LogP contribution in [-0.4, -0.2) is 18.6 Å². The molecule has 164 valence electrons. The minimum absolute atomic E-state index is 0.0390. The second kappa shape index (κ2) is 7.33. The Morgan fingerprint density at radius 3 is 2.19 bits per heavy atom. The molecule has 2 aromatic carbocycles. The maximum absolute atomic E-state index is 13.2. The molecule has 8 heteroatoms. The third-order valence-corrected chi connectivity index (χ3v) is 5.78. The van der Waals surface area contributed by atoms with Gasteiger partial charge in [0.1, 0.15) is 0 Å². The molecule has 0 aliphatic carbocycles. The Balaban J connectivity index is 2.11. The van der Waals surface area contributed by atoms with Crippen molar-refractivity contribution >= 4 is 16.6 Å². The summed E-state index contributed by atoms with van der Waals surface area (Å²) < 4.78 is 4.23. The van der Waals surface area contributed by atoms with E-state index >= 15 is 0 Å². The SMILES string of the molecule is Cn1c(=O)c2c(-c3ccc(C(C)(C)C)cc3)n(-c3cccc([N+](=O)[O-])c3)cc2n(C)c1=O. The van der Waals surface area contributed by atoms with Crippen molar-refractivity contribution in [3.8, 4) is 16.9 Å². The van der Waals surface area contributed by atoms with E-state index in [-0.39, 0.29) is 11.1 Å². The summed E-state index contributed by atoms with van der Waals surface area (Å²) in [6.07, 6.45) is 1.68. The van der Waals surface area contributed by atoms with Gasteiger partial charge < -0.3 is 4.57 Å². The highest BCUT2D eigenvalue weighted by molar-refractivity contribution is 5.94. The van der Waals surface area contributed by atoms with Crippen molar-refractivity contribution in [2.45, 2.75) is 26.2 Å². The molecule has 0 fully saturated rings. The van der Waals surface area contributed by atoms with Gasteiger partial charge in [-0.1, -0.05) is 51.1 Å². The zero-order valence-corrected chi connectivity index (χ0v) is 18.6. The monoisotopic (exact) mass is 432 g/mol. The Hall–Kier alpha value is -3.94. The third kappa shape index (κ3) is 3.33. The normalized spacial score (nSPS) is 11.8. The van der Waals surface area contributed by atoms with E-state index in [4.69, 9.17) is 0 Å². The van der Waals surface area contributed by atoms with Crippen molar-refractivity contribution in [3.63, 3.8) is 0 Å². The van der Waals surface area contributed by atoms with Crippen LogP contribution in [0.2, 0.25) is 0 Å². The van der Waals surface area contributed by atoms with Gasteiger partial charge in [-0.15, -0.1) is 0 Å². The number of nitro groups is 1. The van der Waals surface area contributed by atoms with Crippen LogP contribution < -0.4 is 11.2 Å². The van der Waals surface area contributed by atoms with E-state index in [9.17, 15) is 19.7 Å². The number of nitro benzene ring substituents is 1. The average Bonchev–Trinajstić information content (AvgIpc) is 3.16. The number of rotatable bonds is 3. The van der Waals surface area contributed by atoms with Crippen molar-refractivity contribution in [1.82, 2.24) is 13.7 Å². The number of hydrogen-bond acceptors (Lipinski definition) is 4. The van der Waals surface area contributed by atoms with E-state index < -0.39 is 16.2 Å². The van der Waals surface area contributed by atoms with Gasteiger partial charge in [-0.05, 0) is 22.6 Å². The second-order valence-corrected chi connectivity index (χ2v) is 8.92. The van der Waals surface area contributed by atoms with Gasteiger partial charge in [-0.2, -0.15) is 0 Å². The number of aromatic nitrogens is 3. The van der Waals surface area contributed by atoms with Crippen LogP contribution in [0.1, 0.15) is 26.3 Å². The van der Waals surface area contributed by atoms with Gasteiger partial charge in [0.15, 0.2) is 0 Å². The molecule has 0 atom stereocenters. The molecule has 2 heterocycles. The van der Waals surface area contributed by atoms with E-state index in [0.717, 1.165) is 15.7 Å². The average molecular weight is 432 g/mol. The Kier molecular flexibility index (Phi) is 4.88. The van der Waals surface area contributed by atoms with Crippen LogP contribution in [-0.2, 0) is 19.5 Å². The van der Waals surface area contributed by atoms with E-state index in [1.165, 1.54) is 23.7 Å². The lowest BCUT2D eigenvalue weighted by atomic mass is 9.86. The van der Waals surface area contributed by atoms with Crippen LogP contribution in [0.15, 0.2) is 64.3 Å². The summed E-state index contributed by atoms with van der Waals surface area (Å²) in [5, 5.41) is 11.7. The predicted octanol–water partition coefficient (Wildman–Crippen LogP) is 3.90. The third-order valence-electron chi connectivity index (χ3n) is 5.78. The highest BCUT2D eigenvalue weighted by atomic mass is 16.6. The molecule has 4 aromatic rings. The summed E-state index contributed by atoms with van der Waals surface area (Å²) in [7, 11) is 3.05. The largest absolute Gasteiger partial charge is 0.330 e. The maximum Gasteiger partial charge on any atom is 0.330 e. The van der Waals surface area contributed by atoms with Crippen LogP contribution >= 0.6 is 0 Å². The Morgan fingerprint density at radius 1 is 0.938 bits per heavy atom. The molecule has 4 rings (SSSR count). The predicted molar refractivity (Wildman–Crippen MR) is 125 cm³/mol. The Labute approximate surface area is 184 Å². The van der Waals surface area contributed by atoms with E-state index in [1.54, 1.807) is 29.9 Å². The first-order valence-corrected chi connectivity index (χ1v) is 10.2. The molecular weight excluding hydrogens is 408 g/mol. The van der Waals surface area contributed by atoms with E-state index in [1.807, 2.05) is 24.3 Å². The fourth-order valence-corrected chi connectivity index (χ4v) is 3.91. The molecule has 0 spiro atoms. The lowest BCUT2D eigenvalue weighted by Crippen LogP contribution is -2.36. The molecule has 0 N–H and O–H groups in total. The smallest absolute Gasteiger partial charge is 0.313 e. The summed E-state index contributed by atoms with van der Waals surface area (Å²) in [5.74, 6) is 0. The molecule has 0 saturated carbocycles. The van der Waals surface area contributed by atoms with Crippen LogP contribution in [0.3, 0.4) is 0 Å². The van der Waals surface area contributed by atoms with E-state index in [2.05, 4.69) is 20.8 Å². The first-order chi connectivity index (χ1) is 15.0. The molecule has 2 aromatic heterocycles. The topological polar surface area (TPSA) is 92.1 Å². The second-order valence-electron chi connectivity index (χ2n) is 8.92. The molecule has 0 radical (unpaired) electrons. The number of aryl methyl sites for hydroxylation is 1. The molecular formula is C24H24N4O4. The number of non-ortho nitro benzene ring substituents is 1. The van der Waals surface area contributed by atoms with Gasteiger partial charge in [-0.3, -0.25) is 24.0 Å². The van der Waals surface area contributed by atoms with Crippen molar-refractivity contribution in [2.24, 2.45) is 14.1 Å². The Morgan fingerprint density at radius 2 is 1.59 bits per heavy atom. The van der Waals surface area contributed by atoms with Crippen molar-refractivity contribution < 1.29 is 4.92 Å². The van der Waals surface area contributed by atoms with Crippen molar-refractivity contribution in [2.75, 3.05) is 0 Å². The zero-order chi connectivity index (χ0) is 23.4. The maximum atomic E-state index is 13.2. The van der Waals surface area contributed by atoms with Gasteiger partial charge in [0.25, 0.3) is 11.2 Å².